The van der Waals surface area contributed by atoms with E-state index >= 15 is 0 Å². The molecule has 2 N–H and O–H groups in total. The summed E-state index contributed by atoms with van der Waals surface area (Å²) in [7, 11) is 1.59. The van der Waals surface area contributed by atoms with E-state index in [-0.39, 0.29) is 12.5 Å². The number of methoxy groups -OCH3 is 1. The van der Waals surface area contributed by atoms with Gasteiger partial charge in [0.2, 0.25) is 0 Å². The van der Waals surface area contributed by atoms with E-state index in [1.165, 1.54) is 4.90 Å². The third-order valence-corrected chi connectivity index (χ3v) is 7.16. The smallest absolute Gasteiger partial charge is 0.333 e. The highest BCUT2D eigenvalue weighted by Crippen LogP contribution is 2.20. The number of amides is 2. The molecule has 0 spiro atoms. The van der Waals surface area contributed by atoms with Crippen LogP contribution in [0.3, 0.4) is 0 Å². The average Bonchev–Trinajstić information content (AvgIpc) is 2.97. The number of unbranched alkanes of at least 4 members (excludes halogenated alkanes) is 1. The molecule has 0 radical (unpaired) electrons. The topological polar surface area (TPSA) is 97.3 Å². The number of anilines is 1. The van der Waals surface area contributed by atoms with E-state index in [4.69, 9.17) is 14.2 Å². The fourth-order valence-electron chi connectivity index (χ4n) is 3.96. The minimum absolute atomic E-state index is 0.196. The first-order chi connectivity index (χ1) is 19.5. The third-order valence-electron chi connectivity index (χ3n) is 6.06. The van der Waals surface area contributed by atoms with Gasteiger partial charge in [0.25, 0.3) is 0 Å². The number of aliphatic carboxylic acids is 1. The summed E-state index contributed by atoms with van der Waals surface area (Å²) in [5, 5.41) is 12.3. The Morgan fingerprint density at radius 2 is 1.73 bits per heavy atom. The van der Waals surface area contributed by atoms with Gasteiger partial charge in [-0.05, 0) is 67.5 Å². The molecule has 3 aromatic carbocycles. The second-order valence-electron chi connectivity index (χ2n) is 9.00. The zero-order chi connectivity index (χ0) is 28.6. The van der Waals surface area contributed by atoms with E-state index < -0.39 is 12.1 Å². The molecule has 0 aromatic heterocycles. The lowest BCUT2D eigenvalue weighted by molar-refractivity contribution is -0.149. The van der Waals surface area contributed by atoms with Crippen molar-refractivity contribution in [1.82, 2.24) is 4.90 Å². The molecule has 214 valence electrons. The zero-order valence-electron chi connectivity index (χ0n) is 23.1. The maximum atomic E-state index is 13.1. The highest BCUT2D eigenvalue weighted by molar-refractivity contribution is 7.99. The van der Waals surface area contributed by atoms with Crippen LogP contribution in [0.4, 0.5) is 10.5 Å². The lowest BCUT2D eigenvalue weighted by atomic mass is 10.1. The van der Waals surface area contributed by atoms with Gasteiger partial charge in [-0.3, -0.25) is 0 Å². The summed E-state index contributed by atoms with van der Waals surface area (Å²) in [6.45, 7) is 3.44. The van der Waals surface area contributed by atoms with Gasteiger partial charge in [0.1, 0.15) is 18.1 Å². The van der Waals surface area contributed by atoms with Crippen LogP contribution < -0.4 is 14.8 Å². The molecule has 0 aliphatic heterocycles. The summed E-state index contributed by atoms with van der Waals surface area (Å²) < 4.78 is 16.5. The van der Waals surface area contributed by atoms with Gasteiger partial charge in [0, 0.05) is 36.2 Å². The van der Waals surface area contributed by atoms with E-state index in [1.54, 1.807) is 25.0 Å². The van der Waals surface area contributed by atoms with Gasteiger partial charge in [-0.1, -0.05) is 36.4 Å². The SMILES string of the molecule is CCOC(Cc1ccc(OCCN(CCCCSc2ccccc2)C(=O)Nc2cccc(OC)c2)cc1)C(=O)O. The summed E-state index contributed by atoms with van der Waals surface area (Å²) in [5.41, 5.74) is 1.51. The average molecular weight is 567 g/mol. The first kappa shape index (κ1) is 30.8. The molecule has 8 nitrogen and oxygen atoms in total. The van der Waals surface area contributed by atoms with Crippen LogP contribution in [-0.2, 0) is 16.0 Å². The maximum Gasteiger partial charge on any atom is 0.333 e. The van der Waals surface area contributed by atoms with Crippen molar-refractivity contribution >= 4 is 29.4 Å². The molecule has 40 heavy (non-hydrogen) atoms. The fourth-order valence-corrected chi connectivity index (χ4v) is 4.89. The quantitative estimate of drug-likeness (QED) is 0.148. The zero-order valence-corrected chi connectivity index (χ0v) is 23.9. The van der Waals surface area contributed by atoms with Crippen molar-refractivity contribution in [2.45, 2.75) is 37.2 Å². The molecule has 1 atom stereocenters. The number of carboxylic acids is 1. The number of ether oxygens (including phenoxy) is 3. The molecule has 2 amide bonds. The highest BCUT2D eigenvalue weighted by Gasteiger charge is 2.18. The molecule has 1 unspecified atom stereocenters. The van der Waals surface area contributed by atoms with Crippen molar-refractivity contribution in [3.8, 4) is 11.5 Å². The van der Waals surface area contributed by atoms with E-state index in [0.29, 0.717) is 43.5 Å². The molecular weight excluding hydrogens is 528 g/mol. The molecule has 0 saturated heterocycles. The van der Waals surface area contributed by atoms with Gasteiger partial charge in [0.05, 0.1) is 13.7 Å². The van der Waals surface area contributed by atoms with Gasteiger partial charge < -0.3 is 29.5 Å². The molecule has 0 saturated carbocycles. The second kappa shape index (κ2) is 17.1. The Morgan fingerprint density at radius 1 is 0.950 bits per heavy atom. The highest BCUT2D eigenvalue weighted by atomic mass is 32.2. The number of nitrogens with zero attached hydrogens (tertiary/aromatic N) is 1. The molecule has 0 bridgehead atoms. The molecule has 9 heteroatoms. The Balaban J connectivity index is 1.52. The second-order valence-corrected chi connectivity index (χ2v) is 10.2. The number of carbonyl (C=O) groups excluding carboxylic acids is 1. The van der Waals surface area contributed by atoms with Crippen LogP contribution in [0.15, 0.2) is 83.8 Å². The van der Waals surface area contributed by atoms with Crippen LogP contribution in [0.5, 0.6) is 11.5 Å². The van der Waals surface area contributed by atoms with Crippen LogP contribution >= 0.6 is 11.8 Å². The van der Waals surface area contributed by atoms with Gasteiger partial charge in [-0.2, -0.15) is 0 Å². The fraction of sp³-hybridized carbons (Fsp3) is 0.355. The van der Waals surface area contributed by atoms with Crippen molar-refractivity contribution in [3.63, 3.8) is 0 Å². The molecule has 0 fully saturated rings. The molecular formula is C31H38N2O6S. The Hall–Kier alpha value is -3.69. The van der Waals surface area contributed by atoms with Crippen LogP contribution in [0, 0.1) is 0 Å². The van der Waals surface area contributed by atoms with Crippen LogP contribution in [0.1, 0.15) is 25.3 Å². The summed E-state index contributed by atoms with van der Waals surface area (Å²) >= 11 is 1.81. The Bertz CT molecular complexity index is 1180. The first-order valence-electron chi connectivity index (χ1n) is 13.4. The van der Waals surface area contributed by atoms with E-state index in [0.717, 1.165) is 24.2 Å². The standard InChI is InChI=1S/C31H38N2O6S/c1-3-38-29(30(34)35)22-24-14-16-26(17-15-24)39-20-19-33(18-7-8-21-40-28-12-5-4-6-13-28)31(36)32-25-10-9-11-27(23-25)37-2/h4-6,9-17,23,29H,3,7-8,18-22H2,1-2H3,(H,32,36)(H,34,35). The van der Waals surface area contributed by atoms with Crippen molar-refractivity contribution in [2.75, 3.05) is 44.5 Å². The number of benzene rings is 3. The third kappa shape index (κ3) is 10.8. The monoisotopic (exact) mass is 566 g/mol. The van der Waals surface area contributed by atoms with Crippen molar-refractivity contribution in [1.29, 1.82) is 0 Å². The predicted octanol–water partition coefficient (Wildman–Crippen LogP) is 6.21. The summed E-state index contributed by atoms with van der Waals surface area (Å²) in [6.07, 6.45) is 1.25. The van der Waals surface area contributed by atoms with E-state index in [2.05, 4.69) is 17.4 Å². The lowest BCUT2D eigenvalue weighted by Gasteiger charge is -2.23. The summed E-state index contributed by atoms with van der Waals surface area (Å²) in [4.78, 5) is 27.5. The number of urea groups is 1. The molecule has 3 rings (SSSR count). The van der Waals surface area contributed by atoms with Crippen molar-refractivity contribution < 1.29 is 28.9 Å². The van der Waals surface area contributed by atoms with Crippen LogP contribution in [0.25, 0.3) is 0 Å². The molecule has 0 aliphatic carbocycles. The molecule has 0 heterocycles. The van der Waals surface area contributed by atoms with E-state index in [1.807, 2.05) is 72.4 Å². The van der Waals surface area contributed by atoms with Crippen LogP contribution in [-0.4, -0.2) is 67.3 Å². The van der Waals surface area contributed by atoms with Crippen LogP contribution in [0.2, 0.25) is 0 Å². The molecule has 0 aliphatic rings. The normalized spacial score (nSPS) is 11.4. The van der Waals surface area contributed by atoms with E-state index in [9.17, 15) is 14.7 Å². The van der Waals surface area contributed by atoms with Gasteiger partial charge >= 0.3 is 12.0 Å². The number of rotatable bonds is 17. The summed E-state index contributed by atoms with van der Waals surface area (Å²) in [5.74, 6) is 1.32. The Labute approximate surface area is 240 Å². The van der Waals surface area contributed by atoms with Crippen molar-refractivity contribution in [3.05, 3.63) is 84.4 Å². The van der Waals surface area contributed by atoms with Gasteiger partial charge in [0.15, 0.2) is 6.10 Å². The number of carboxylic acid groups (broad SMARTS) is 1. The summed E-state index contributed by atoms with van der Waals surface area (Å²) in [6, 6.07) is 24.6. The maximum absolute atomic E-state index is 13.1. The number of hydrogen-bond acceptors (Lipinski definition) is 6. The van der Waals surface area contributed by atoms with Gasteiger partial charge in [-0.25, -0.2) is 9.59 Å². The Morgan fingerprint density at radius 3 is 2.42 bits per heavy atom. The number of carbonyl (C=O) groups is 2. The first-order valence-corrected chi connectivity index (χ1v) is 14.4. The lowest BCUT2D eigenvalue weighted by Crippen LogP contribution is -2.38. The number of thioether (sulfide) groups is 1. The van der Waals surface area contributed by atoms with Gasteiger partial charge in [-0.15, -0.1) is 11.8 Å². The largest absolute Gasteiger partial charge is 0.497 e. The number of nitrogens with one attached hydrogen (secondary N) is 1. The minimum atomic E-state index is -0.979. The number of hydrogen-bond donors (Lipinski definition) is 2. The Kier molecular flexibility index (Phi) is 13.2. The molecule has 3 aromatic rings. The minimum Gasteiger partial charge on any atom is -0.497 e. The predicted molar refractivity (Wildman–Crippen MR) is 159 cm³/mol. The van der Waals surface area contributed by atoms with Crippen molar-refractivity contribution in [2.24, 2.45) is 0 Å².